The Morgan fingerprint density at radius 1 is 1.20 bits per heavy atom. The Balaban J connectivity index is 1.74. The van der Waals surface area contributed by atoms with Crippen LogP contribution >= 0.6 is 35.0 Å². The highest BCUT2D eigenvalue weighted by Gasteiger charge is 2.32. The van der Waals surface area contributed by atoms with Gasteiger partial charge >= 0.3 is 0 Å². The lowest BCUT2D eigenvalue weighted by Crippen LogP contribution is -2.33. The second kappa shape index (κ2) is 8.41. The number of thioether (sulfide) groups is 1. The second-order valence-electron chi connectivity index (χ2n) is 6.88. The first-order valence-corrected chi connectivity index (χ1v) is 10.8. The van der Waals surface area contributed by atoms with Crippen LogP contribution in [0.4, 0.5) is 10.2 Å². The first kappa shape index (κ1) is 20.9. The predicted octanol–water partition coefficient (Wildman–Crippen LogP) is 4.99. The summed E-state index contributed by atoms with van der Waals surface area (Å²) < 4.78 is 15.6. The zero-order valence-corrected chi connectivity index (χ0v) is 18.1. The maximum Gasteiger partial charge on any atom is 0.279 e. The molecule has 1 atom stereocenters. The lowest BCUT2D eigenvalue weighted by Gasteiger charge is -2.27. The van der Waals surface area contributed by atoms with Crippen LogP contribution in [0.3, 0.4) is 0 Å². The van der Waals surface area contributed by atoms with Gasteiger partial charge in [0.15, 0.2) is 5.16 Å². The largest absolute Gasteiger partial charge is 0.312 e. The van der Waals surface area contributed by atoms with E-state index < -0.39 is 11.5 Å². The topological polar surface area (TPSA) is 64.0 Å². The minimum absolute atomic E-state index is 0.101. The van der Waals surface area contributed by atoms with Gasteiger partial charge in [-0.15, -0.1) is 0 Å². The highest BCUT2D eigenvalue weighted by molar-refractivity contribution is 7.98. The summed E-state index contributed by atoms with van der Waals surface area (Å²) in [7, 11) is 1.71. The smallest absolute Gasteiger partial charge is 0.279 e. The number of fused-ring (bicyclic) bond motifs is 1. The summed E-state index contributed by atoms with van der Waals surface area (Å²) in [5.74, 6) is -0.333. The Bertz CT molecular complexity index is 1220. The number of hydrogen-bond acceptors (Lipinski definition) is 4. The van der Waals surface area contributed by atoms with E-state index in [-0.39, 0.29) is 18.1 Å². The van der Waals surface area contributed by atoms with Crippen molar-refractivity contribution >= 4 is 46.7 Å². The number of aromatic nitrogens is 2. The Kier molecular flexibility index (Phi) is 5.86. The van der Waals surface area contributed by atoms with Crippen LogP contribution in [0.25, 0.3) is 0 Å². The van der Waals surface area contributed by atoms with Gasteiger partial charge in [-0.2, -0.15) is 4.98 Å². The molecule has 30 heavy (non-hydrogen) atoms. The molecule has 0 bridgehead atoms. The molecule has 1 aliphatic heterocycles. The van der Waals surface area contributed by atoms with E-state index in [1.807, 2.05) is 0 Å². The van der Waals surface area contributed by atoms with Crippen LogP contribution in [0, 0.1) is 5.82 Å². The van der Waals surface area contributed by atoms with Crippen LogP contribution in [0.5, 0.6) is 0 Å². The zero-order chi connectivity index (χ0) is 21.4. The third kappa shape index (κ3) is 3.97. The molecule has 2 aromatic carbocycles. The number of nitrogens with one attached hydrogen (secondary N) is 1. The SMILES string of the molecule is Cn1c(SCc2ccccc2F)nc(=O)c2c1NC(=O)CC2c1ccc(Cl)c(Cl)c1. The van der Waals surface area contributed by atoms with Gasteiger partial charge in [0.05, 0.1) is 15.6 Å². The van der Waals surface area contributed by atoms with E-state index in [0.29, 0.717) is 43.5 Å². The fraction of sp³-hybridized carbons (Fsp3) is 0.190. The molecule has 1 amide bonds. The molecule has 0 saturated carbocycles. The highest BCUT2D eigenvalue weighted by atomic mass is 35.5. The lowest BCUT2D eigenvalue weighted by molar-refractivity contribution is -0.116. The molecule has 0 aliphatic carbocycles. The predicted molar refractivity (Wildman–Crippen MR) is 117 cm³/mol. The van der Waals surface area contributed by atoms with Gasteiger partial charge in [-0.1, -0.05) is 59.2 Å². The molecule has 0 radical (unpaired) electrons. The van der Waals surface area contributed by atoms with Crippen molar-refractivity contribution in [3.63, 3.8) is 0 Å². The number of carbonyl (C=O) groups is 1. The fourth-order valence-corrected chi connectivity index (χ4v) is 4.69. The van der Waals surface area contributed by atoms with Crippen LogP contribution < -0.4 is 10.9 Å². The monoisotopic (exact) mass is 463 g/mol. The van der Waals surface area contributed by atoms with Crippen LogP contribution in [0.2, 0.25) is 10.0 Å². The number of halogens is 3. The van der Waals surface area contributed by atoms with Crippen LogP contribution in [0.15, 0.2) is 52.4 Å². The Morgan fingerprint density at radius 2 is 1.97 bits per heavy atom. The number of carbonyl (C=O) groups excluding carboxylic acids is 1. The number of nitrogens with zero attached hydrogens (tertiary/aromatic N) is 2. The second-order valence-corrected chi connectivity index (χ2v) is 8.64. The number of rotatable bonds is 4. The van der Waals surface area contributed by atoms with Crippen molar-refractivity contribution in [1.29, 1.82) is 0 Å². The molecule has 1 aliphatic rings. The molecule has 0 saturated heterocycles. The van der Waals surface area contributed by atoms with E-state index in [9.17, 15) is 14.0 Å². The molecule has 1 N–H and O–H groups in total. The van der Waals surface area contributed by atoms with Gasteiger partial charge in [-0.05, 0) is 29.3 Å². The van der Waals surface area contributed by atoms with Gasteiger partial charge in [0.2, 0.25) is 5.91 Å². The van der Waals surface area contributed by atoms with Crippen molar-refractivity contribution in [3.8, 4) is 0 Å². The molecule has 0 spiro atoms. The quantitative estimate of drug-likeness (QED) is 0.437. The van der Waals surface area contributed by atoms with E-state index in [1.165, 1.54) is 17.8 Å². The summed E-state index contributed by atoms with van der Waals surface area (Å²) in [5.41, 5.74) is 1.18. The van der Waals surface area contributed by atoms with Crippen LogP contribution in [-0.4, -0.2) is 15.5 Å². The Morgan fingerprint density at radius 3 is 2.70 bits per heavy atom. The third-order valence-electron chi connectivity index (χ3n) is 4.96. The summed E-state index contributed by atoms with van der Waals surface area (Å²) in [6, 6.07) is 11.5. The molecule has 3 aromatic rings. The Hall–Kier alpha value is -2.35. The van der Waals surface area contributed by atoms with Gasteiger partial charge in [0, 0.05) is 25.1 Å². The molecule has 1 unspecified atom stereocenters. The molecule has 5 nitrogen and oxygen atoms in total. The van der Waals surface area contributed by atoms with Crippen molar-refractivity contribution in [1.82, 2.24) is 9.55 Å². The molecule has 4 rings (SSSR count). The fourth-order valence-electron chi connectivity index (χ4n) is 3.44. The maximum absolute atomic E-state index is 13.9. The number of amides is 1. The van der Waals surface area contributed by atoms with Crippen molar-refractivity contribution in [3.05, 3.63) is 85.4 Å². The first-order chi connectivity index (χ1) is 14.3. The van der Waals surface area contributed by atoms with Crippen molar-refractivity contribution < 1.29 is 9.18 Å². The van der Waals surface area contributed by atoms with E-state index in [0.717, 1.165) is 0 Å². The summed E-state index contributed by atoms with van der Waals surface area (Å²) in [5, 5.41) is 3.91. The lowest BCUT2D eigenvalue weighted by atomic mass is 9.87. The van der Waals surface area contributed by atoms with Gasteiger partial charge < -0.3 is 9.88 Å². The van der Waals surface area contributed by atoms with Gasteiger partial charge in [-0.3, -0.25) is 9.59 Å². The molecule has 2 heterocycles. The molecule has 154 valence electrons. The molecule has 9 heteroatoms. The summed E-state index contributed by atoms with van der Waals surface area (Å²) in [6.07, 6.45) is 0.101. The minimum Gasteiger partial charge on any atom is -0.312 e. The number of anilines is 1. The van der Waals surface area contributed by atoms with Gasteiger partial charge in [-0.25, -0.2) is 4.39 Å². The van der Waals surface area contributed by atoms with Crippen molar-refractivity contribution in [2.45, 2.75) is 23.2 Å². The average Bonchev–Trinajstić information content (AvgIpc) is 2.72. The van der Waals surface area contributed by atoms with Gasteiger partial charge in [0.25, 0.3) is 5.56 Å². The number of benzene rings is 2. The minimum atomic E-state index is -0.486. The molecule has 0 fully saturated rings. The zero-order valence-electron chi connectivity index (χ0n) is 15.8. The van der Waals surface area contributed by atoms with Crippen LogP contribution in [0.1, 0.15) is 29.0 Å². The summed E-state index contributed by atoms with van der Waals surface area (Å²) >= 11 is 13.4. The maximum atomic E-state index is 13.9. The van der Waals surface area contributed by atoms with E-state index in [4.69, 9.17) is 23.2 Å². The van der Waals surface area contributed by atoms with E-state index in [2.05, 4.69) is 10.3 Å². The number of hydrogen-bond donors (Lipinski definition) is 1. The third-order valence-corrected chi connectivity index (χ3v) is 6.78. The highest BCUT2D eigenvalue weighted by Crippen LogP contribution is 2.38. The first-order valence-electron chi connectivity index (χ1n) is 9.07. The normalized spacial score (nSPS) is 15.6. The van der Waals surface area contributed by atoms with E-state index in [1.54, 1.807) is 48.0 Å². The summed E-state index contributed by atoms with van der Waals surface area (Å²) in [6.45, 7) is 0. The van der Waals surface area contributed by atoms with Crippen molar-refractivity contribution in [2.24, 2.45) is 7.05 Å². The average molecular weight is 464 g/mol. The van der Waals surface area contributed by atoms with Gasteiger partial charge in [0.1, 0.15) is 11.6 Å². The molecule has 1 aromatic heterocycles. The van der Waals surface area contributed by atoms with E-state index >= 15 is 0 Å². The van der Waals surface area contributed by atoms with Crippen molar-refractivity contribution in [2.75, 3.05) is 5.32 Å². The Labute approximate surface area is 186 Å². The summed E-state index contributed by atoms with van der Waals surface area (Å²) in [4.78, 5) is 29.5. The standard InChI is InChI=1S/C21H16Cl2FN3O2S/c1-27-19-18(13(9-17(28)25-19)11-6-7-14(22)15(23)8-11)20(29)26-21(27)30-10-12-4-2-3-5-16(12)24/h2-8,13H,9-10H2,1H3,(H,25,28). The molecular formula is C21H16Cl2FN3O2S. The van der Waals surface area contributed by atoms with Crippen LogP contribution in [-0.2, 0) is 17.6 Å². The molecular weight excluding hydrogens is 448 g/mol.